The molecule has 0 saturated heterocycles. The van der Waals surface area contributed by atoms with Crippen LogP contribution in [0, 0.1) is 0 Å². The van der Waals surface area contributed by atoms with E-state index in [4.69, 9.17) is 4.74 Å². The Hall–Kier alpha value is -2.51. The molecule has 1 heterocycles. The summed E-state index contributed by atoms with van der Waals surface area (Å²) in [6, 6.07) is 11.8. The van der Waals surface area contributed by atoms with Crippen molar-refractivity contribution in [1.82, 2.24) is 5.32 Å². The van der Waals surface area contributed by atoms with E-state index in [9.17, 15) is 14.7 Å². The quantitative estimate of drug-likeness (QED) is 0.735. The Labute approximate surface area is 162 Å². The zero-order chi connectivity index (χ0) is 19.6. The Morgan fingerprint density at radius 2 is 1.96 bits per heavy atom. The van der Waals surface area contributed by atoms with Gasteiger partial charge in [0.25, 0.3) is 5.91 Å². The number of carbonyl (C=O) groups is 2. The third-order valence-corrected chi connectivity index (χ3v) is 5.64. The second-order valence-electron chi connectivity index (χ2n) is 6.44. The van der Waals surface area contributed by atoms with E-state index in [2.05, 4.69) is 10.6 Å². The molecule has 1 aliphatic heterocycles. The van der Waals surface area contributed by atoms with E-state index in [0.717, 1.165) is 4.90 Å². The first-order valence-electron chi connectivity index (χ1n) is 8.63. The van der Waals surface area contributed by atoms with Crippen molar-refractivity contribution in [2.75, 3.05) is 12.4 Å². The molecule has 2 amide bonds. The number of nitrogens with one attached hydrogen (secondary N) is 2. The number of hydrogen-bond donors (Lipinski definition) is 3. The number of hydrogen-bond acceptors (Lipinski definition) is 5. The predicted octanol–water partition coefficient (Wildman–Crippen LogP) is 2.98. The fraction of sp³-hybridized carbons (Fsp3) is 0.300. The fourth-order valence-corrected chi connectivity index (χ4v) is 3.74. The molecule has 2 aromatic carbocycles. The van der Waals surface area contributed by atoms with Crippen LogP contribution in [-0.2, 0) is 4.79 Å². The first-order valence-corrected chi connectivity index (χ1v) is 9.51. The number of carbonyl (C=O) groups excluding carboxylic acids is 2. The molecule has 3 rings (SSSR count). The number of methoxy groups -OCH3 is 1. The second kappa shape index (κ2) is 8.02. The van der Waals surface area contributed by atoms with Gasteiger partial charge in [-0.3, -0.25) is 9.59 Å². The molecular formula is C20H22N2O4S. The maximum Gasteiger partial charge on any atom is 0.251 e. The summed E-state index contributed by atoms with van der Waals surface area (Å²) in [4.78, 5) is 25.3. The maximum absolute atomic E-state index is 12.6. The number of anilines is 1. The molecule has 1 aliphatic rings. The molecule has 3 N–H and O–H groups in total. The summed E-state index contributed by atoms with van der Waals surface area (Å²) in [5.41, 5.74) is 1.75. The number of benzene rings is 2. The van der Waals surface area contributed by atoms with Crippen molar-refractivity contribution < 1.29 is 19.4 Å². The van der Waals surface area contributed by atoms with Gasteiger partial charge in [-0.05, 0) is 49.7 Å². The van der Waals surface area contributed by atoms with Crippen molar-refractivity contribution in [3.63, 3.8) is 0 Å². The van der Waals surface area contributed by atoms with Crippen molar-refractivity contribution in [3.05, 3.63) is 53.6 Å². The van der Waals surface area contributed by atoms with Crippen LogP contribution in [0.4, 0.5) is 5.69 Å². The molecule has 0 fully saturated rings. The number of thioether (sulfide) groups is 1. The van der Waals surface area contributed by atoms with E-state index < -0.39 is 12.1 Å². The first-order chi connectivity index (χ1) is 12.9. The van der Waals surface area contributed by atoms with Crippen LogP contribution in [-0.4, -0.2) is 35.3 Å². The largest absolute Gasteiger partial charge is 0.497 e. The molecule has 3 atom stereocenters. The number of aliphatic hydroxyl groups is 1. The van der Waals surface area contributed by atoms with Gasteiger partial charge in [0, 0.05) is 10.5 Å². The van der Waals surface area contributed by atoms with Gasteiger partial charge in [0.1, 0.15) is 5.75 Å². The van der Waals surface area contributed by atoms with Gasteiger partial charge >= 0.3 is 0 Å². The first kappa shape index (κ1) is 19.3. The Morgan fingerprint density at radius 3 is 2.63 bits per heavy atom. The van der Waals surface area contributed by atoms with Gasteiger partial charge in [-0.25, -0.2) is 0 Å². The Morgan fingerprint density at radius 1 is 1.26 bits per heavy atom. The van der Waals surface area contributed by atoms with E-state index >= 15 is 0 Å². The summed E-state index contributed by atoms with van der Waals surface area (Å²) in [6.45, 7) is 3.58. The molecule has 27 heavy (non-hydrogen) atoms. The van der Waals surface area contributed by atoms with Gasteiger partial charge < -0.3 is 20.5 Å². The zero-order valence-electron chi connectivity index (χ0n) is 15.4. The molecule has 7 heteroatoms. The van der Waals surface area contributed by atoms with Crippen LogP contribution in [0.25, 0.3) is 0 Å². The van der Waals surface area contributed by atoms with Gasteiger partial charge in [0.15, 0.2) is 0 Å². The molecule has 0 bridgehead atoms. The minimum atomic E-state index is -0.853. The van der Waals surface area contributed by atoms with Crippen LogP contribution in [0.2, 0.25) is 0 Å². The molecule has 142 valence electrons. The molecule has 0 aliphatic carbocycles. The highest BCUT2D eigenvalue weighted by molar-refractivity contribution is 8.00. The molecule has 6 nitrogen and oxygen atoms in total. The van der Waals surface area contributed by atoms with Crippen molar-refractivity contribution in [3.8, 4) is 5.75 Å². The highest BCUT2D eigenvalue weighted by Crippen LogP contribution is 2.36. The summed E-state index contributed by atoms with van der Waals surface area (Å²) in [7, 11) is 1.58. The smallest absolute Gasteiger partial charge is 0.251 e. The van der Waals surface area contributed by atoms with Crippen LogP contribution < -0.4 is 15.4 Å². The lowest BCUT2D eigenvalue weighted by molar-refractivity contribution is -0.115. The number of ether oxygens (including phenoxy) is 1. The van der Waals surface area contributed by atoms with Crippen LogP contribution in [0.15, 0.2) is 47.4 Å². The number of rotatable bonds is 5. The highest BCUT2D eigenvalue weighted by Gasteiger charge is 2.25. The molecule has 0 spiro atoms. The maximum atomic E-state index is 12.6. The number of aliphatic hydroxyl groups excluding tert-OH is 1. The van der Waals surface area contributed by atoms with E-state index in [0.29, 0.717) is 22.6 Å². The summed E-state index contributed by atoms with van der Waals surface area (Å²) in [5, 5.41) is 16.0. The molecule has 0 radical (unpaired) electrons. The molecular weight excluding hydrogens is 364 g/mol. The highest BCUT2D eigenvalue weighted by atomic mass is 32.2. The minimum Gasteiger partial charge on any atom is -0.497 e. The number of fused-ring (bicyclic) bond motifs is 1. The van der Waals surface area contributed by atoms with Crippen molar-refractivity contribution in [2.45, 2.75) is 36.1 Å². The van der Waals surface area contributed by atoms with Crippen molar-refractivity contribution in [1.29, 1.82) is 0 Å². The van der Waals surface area contributed by atoms with E-state index in [1.165, 1.54) is 11.8 Å². The Bertz CT molecular complexity index is 854. The minimum absolute atomic E-state index is 0.0756. The summed E-state index contributed by atoms with van der Waals surface area (Å²) in [6.07, 6.45) is -0.853. The topological polar surface area (TPSA) is 87.7 Å². The second-order valence-corrected chi connectivity index (χ2v) is 7.82. The third-order valence-electron chi connectivity index (χ3n) is 4.46. The van der Waals surface area contributed by atoms with Crippen molar-refractivity contribution >= 4 is 29.3 Å². The summed E-state index contributed by atoms with van der Waals surface area (Å²) >= 11 is 1.47. The van der Waals surface area contributed by atoms with Gasteiger partial charge in [-0.15, -0.1) is 11.8 Å². The predicted molar refractivity (Wildman–Crippen MR) is 105 cm³/mol. The van der Waals surface area contributed by atoms with E-state index in [-0.39, 0.29) is 17.1 Å². The van der Waals surface area contributed by atoms with E-state index in [1.807, 2.05) is 13.0 Å². The lowest BCUT2D eigenvalue weighted by atomic mass is 10.0. The van der Waals surface area contributed by atoms with Crippen LogP contribution in [0.1, 0.15) is 35.9 Å². The normalized spacial score (nSPS) is 18.1. The van der Waals surface area contributed by atoms with Crippen LogP contribution in [0.3, 0.4) is 0 Å². The van der Waals surface area contributed by atoms with Crippen molar-refractivity contribution in [2.24, 2.45) is 0 Å². The third kappa shape index (κ3) is 4.26. The van der Waals surface area contributed by atoms with E-state index in [1.54, 1.807) is 50.4 Å². The Balaban J connectivity index is 1.69. The zero-order valence-corrected chi connectivity index (χ0v) is 16.2. The van der Waals surface area contributed by atoms with Crippen LogP contribution in [0.5, 0.6) is 5.75 Å². The standard InChI is InChI=1S/C20H22N2O4S/c1-11(18(23)13-4-7-15(26-3)8-5-13)21-20(25)14-6-9-17-16(10-14)22-19(24)12(2)27-17/h4-12,18,23H,1-3H3,(H,21,25)(H,22,24)/t11-,12+,18+/m0/s1. The lowest BCUT2D eigenvalue weighted by Gasteiger charge is -2.23. The van der Waals surface area contributed by atoms with Gasteiger partial charge in [0.2, 0.25) is 5.91 Å². The summed E-state index contributed by atoms with van der Waals surface area (Å²) in [5.74, 6) is 0.315. The molecule has 2 aromatic rings. The summed E-state index contributed by atoms with van der Waals surface area (Å²) < 4.78 is 5.11. The van der Waals surface area contributed by atoms with Gasteiger partial charge in [0.05, 0.1) is 30.2 Å². The Kier molecular flexibility index (Phi) is 5.72. The lowest BCUT2D eigenvalue weighted by Crippen LogP contribution is -2.37. The molecule has 0 aromatic heterocycles. The monoisotopic (exact) mass is 386 g/mol. The number of amides is 2. The van der Waals surface area contributed by atoms with Gasteiger partial charge in [-0.1, -0.05) is 12.1 Å². The SMILES string of the molecule is COc1ccc([C@H](O)[C@H](C)NC(=O)c2ccc3c(c2)NC(=O)[C@@H](C)S3)cc1. The molecule has 0 saturated carbocycles. The van der Waals surface area contributed by atoms with Gasteiger partial charge in [-0.2, -0.15) is 0 Å². The molecule has 0 unspecified atom stereocenters. The average molecular weight is 386 g/mol. The fourth-order valence-electron chi connectivity index (χ4n) is 2.81. The van der Waals surface area contributed by atoms with Crippen LogP contribution >= 0.6 is 11.8 Å². The average Bonchev–Trinajstić information content (AvgIpc) is 2.68.